The van der Waals surface area contributed by atoms with Crippen LogP contribution in [0.3, 0.4) is 0 Å². The average Bonchev–Trinajstić information content (AvgIpc) is 2.92. The van der Waals surface area contributed by atoms with E-state index in [4.69, 9.17) is 0 Å². The van der Waals surface area contributed by atoms with E-state index in [9.17, 15) is 4.79 Å². The molecule has 1 aromatic heterocycles. The highest BCUT2D eigenvalue weighted by Gasteiger charge is 2.51. The molecule has 0 saturated heterocycles. The van der Waals surface area contributed by atoms with E-state index in [0.717, 1.165) is 34.2 Å². The molecule has 0 aliphatic heterocycles. The summed E-state index contributed by atoms with van der Waals surface area (Å²) in [6.45, 7) is 0. The van der Waals surface area contributed by atoms with Crippen LogP contribution in [0.4, 0.5) is 0 Å². The molecule has 4 fully saturated rings. The van der Waals surface area contributed by atoms with Gasteiger partial charge in [0.2, 0.25) is 0 Å². The van der Waals surface area contributed by atoms with Crippen LogP contribution >= 0.6 is 0 Å². The van der Waals surface area contributed by atoms with Crippen LogP contribution in [0.1, 0.15) is 48.9 Å². The van der Waals surface area contributed by atoms with Gasteiger partial charge in [-0.15, -0.1) is 0 Å². The van der Waals surface area contributed by atoms with E-state index in [2.05, 4.69) is 10.3 Å². The fourth-order valence-electron chi connectivity index (χ4n) is 5.77. The Morgan fingerprint density at radius 3 is 2.41 bits per heavy atom. The first-order chi connectivity index (χ1) is 10.7. The van der Waals surface area contributed by atoms with E-state index in [0.29, 0.717) is 0 Å². The quantitative estimate of drug-likeness (QED) is 0.867. The normalized spacial score (nSPS) is 35.9. The predicted octanol–water partition coefficient (Wildman–Crippen LogP) is 3.87. The number of carbonyl (C=O) groups excluding carboxylic acids is 1. The lowest BCUT2D eigenvalue weighted by Gasteiger charge is -2.56. The average molecular weight is 294 g/mol. The van der Waals surface area contributed by atoms with Crippen LogP contribution in [0.15, 0.2) is 30.5 Å². The molecule has 2 aromatic rings. The van der Waals surface area contributed by atoms with Crippen molar-refractivity contribution in [3.63, 3.8) is 0 Å². The predicted molar refractivity (Wildman–Crippen MR) is 86.7 cm³/mol. The maximum Gasteiger partial charge on any atom is 0.251 e. The van der Waals surface area contributed by atoms with Crippen LogP contribution in [0.25, 0.3) is 10.9 Å². The molecule has 6 rings (SSSR count). The first-order valence-corrected chi connectivity index (χ1v) is 8.59. The van der Waals surface area contributed by atoms with Gasteiger partial charge in [0, 0.05) is 28.2 Å². The zero-order valence-corrected chi connectivity index (χ0v) is 12.8. The van der Waals surface area contributed by atoms with Gasteiger partial charge in [0.25, 0.3) is 5.91 Å². The molecule has 0 atom stereocenters. The molecule has 22 heavy (non-hydrogen) atoms. The summed E-state index contributed by atoms with van der Waals surface area (Å²) in [6, 6.07) is 7.97. The number of aromatic amines is 1. The number of amides is 1. The van der Waals surface area contributed by atoms with E-state index in [1.165, 1.54) is 38.5 Å². The van der Waals surface area contributed by atoms with Crippen LogP contribution in [-0.2, 0) is 0 Å². The maximum atomic E-state index is 12.8. The van der Waals surface area contributed by atoms with Gasteiger partial charge in [-0.1, -0.05) is 0 Å². The molecule has 4 saturated carbocycles. The Hall–Kier alpha value is -1.77. The van der Waals surface area contributed by atoms with E-state index in [-0.39, 0.29) is 11.4 Å². The molecule has 114 valence electrons. The first kappa shape index (κ1) is 12.7. The van der Waals surface area contributed by atoms with Gasteiger partial charge in [0.1, 0.15) is 0 Å². The topological polar surface area (TPSA) is 44.9 Å². The van der Waals surface area contributed by atoms with Gasteiger partial charge in [0.05, 0.1) is 0 Å². The molecule has 3 nitrogen and oxygen atoms in total. The molecule has 2 N–H and O–H groups in total. The second kappa shape index (κ2) is 4.37. The number of H-pyrrole nitrogens is 1. The third kappa shape index (κ3) is 1.91. The number of nitrogens with one attached hydrogen (secondary N) is 2. The van der Waals surface area contributed by atoms with Crippen molar-refractivity contribution in [1.82, 2.24) is 10.3 Å². The summed E-state index contributed by atoms with van der Waals surface area (Å²) < 4.78 is 0. The number of carbonyl (C=O) groups is 1. The minimum Gasteiger partial charge on any atom is -0.361 e. The highest BCUT2D eigenvalue weighted by Crippen LogP contribution is 2.55. The van der Waals surface area contributed by atoms with Crippen molar-refractivity contribution in [2.75, 3.05) is 0 Å². The standard InChI is InChI=1S/C19H22N2O/c22-18(16-1-2-17-15(8-16)3-4-20-17)21-19-9-12-5-13(10-19)7-14(6-12)11-19/h1-4,8,12-14,20H,5-7,9-11H2,(H,21,22). The van der Waals surface area contributed by atoms with Gasteiger partial charge in [-0.25, -0.2) is 0 Å². The molecule has 1 amide bonds. The van der Waals surface area contributed by atoms with Crippen LogP contribution in [0, 0.1) is 17.8 Å². The minimum absolute atomic E-state index is 0.0962. The van der Waals surface area contributed by atoms with Gasteiger partial charge in [-0.05, 0) is 80.5 Å². The van der Waals surface area contributed by atoms with Crippen LogP contribution in [0.5, 0.6) is 0 Å². The Kier molecular flexibility index (Phi) is 2.53. The molecule has 1 aromatic carbocycles. The van der Waals surface area contributed by atoms with Gasteiger partial charge in [-0.3, -0.25) is 4.79 Å². The Labute approximate surface area is 130 Å². The summed E-state index contributed by atoms with van der Waals surface area (Å²) in [6.07, 6.45) is 9.76. The summed E-state index contributed by atoms with van der Waals surface area (Å²) in [7, 11) is 0. The lowest BCUT2D eigenvalue weighted by atomic mass is 9.53. The highest BCUT2D eigenvalue weighted by atomic mass is 16.1. The molecule has 4 aliphatic rings. The Balaban J connectivity index is 1.42. The summed E-state index contributed by atoms with van der Waals surface area (Å²) in [4.78, 5) is 16.0. The lowest BCUT2D eigenvalue weighted by Crippen LogP contribution is -2.59. The Bertz CT molecular complexity index is 709. The molecule has 1 heterocycles. The van der Waals surface area contributed by atoms with Crippen molar-refractivity contribution in [2.24, 2.45) is 17.8 Å². The Morgan fingerprint density at radius 2 is 1.73 bits per heavy atom. The molecule has 0 spiro atoms. The first-order valence-electron chi connectivity index (χ1n) is 8.59. The summed E-state index contributed by atoms with van der Waals surface area (Å²) in [5.74, 6) is 2.70. The van der Waals surface area contributed by atoms with Crippen molar-refractivity contribution in [3.05, 3.63) is 36.0 Å². The zero-order chi connectivity index (χ0) is 14.7. The number of rotatable bonds is 2. The second-order valence-corrected chi connectivity index (χ2v) is 7.93. The monoisotopic (exact) mass is 294 g/mol. The highest BCUT2D eigenvalue weighted by molar-refractivity contribution is 5.98. The summed E-state index contributed by atoms with van der Waals surface area (Å²) in [5, 5.41) is 4.56. The van der Waals surface area contributed by atoms with Crippen molar-refractivity contribution < 1.29 is 4.79 Å². The van der Waals surface area contributed by atoms with Gasteiger partial charge in [-0.2, -0.15) is 0 Å². The smallest absolute Gasteiger partial charge is 0.251 e. The third-order valence-corrected chi connectivity index (χ3v) is 6.23. The molecule has 4 aliphatic carbocycles. The maximum absolute atomic E-state index is 12.8. The van der Waals surface area contributed by atoms with E-state index < -0.39 is 0 Å². The van der Waals surface area contributed by atoms with Crippen LogP contribution in [0.2, 0.25) is 0 Å². The van der Waals surface area contributed by atoms with E-state index in [1.807, 2.05) is 30.5 Å². The fraction of sp³-hybridized carbons (Fsp3) is 0.526. The second-order valence-electron chi connectivity index (χ2n) is 7.93. The van der Waals surface area contributed by atoms with E-state index >= 15 is 0 Å². The Morgan fingerprint density at radius 1 is 1.05 bits per heavy atom. The molecule has 4 bridgehead atoms. The van der Waals surface area contributed by atoms with E-state index in [1.54, 1.807) is 0 Å². The fourth-order valence-corrected chi connectivity index (χ4v) is 5.77. The minimum atomic E-state index is 0.0962. The number of hydrogen-bond donors (Lipinski definition) is 2. The number of benzene rings is 1. The van der Waals surface area contributed by atoms with Gasteiger partial charge >= 0.3 is 0 Å². The van der Waals surface area contributed by atoms with Crippen molar-refractivity contribution in [2.45, 2.75) is 44.1 Å². The largest absolute Gasteiger partial charge is 0.361 e. The van der Waals surface area contributed by atoms with Crippen molar-refractivity contribution in [3.8, 4) is 0 Å². The summed E-state index contributed by atoms with van der Waals surface area (Å²) >= 11 is 0. The lowest BCUT2D eigenvalue weighted by molar-refractivity contribution is -0.0166. The molecular formula is C19H22N2O. The van der Waals surface area contributed by atoms with Gasteiger partial charge in [0.15, 0.2) is 0 Å². The van der Waals surface area contributed by atoms with Crippen LogP contribution < -0.4 is 5.32 Å². The van der Waals surface area contributed by atoms with Crippen LogP contribution in [-0.4, -0.2) is 16.4 Å². The van der Waals surface area contributed by atoms with Gasteiger partial charge < -0.3 is 10.3 Å². The third-order valence-electron chi connectivity index (χ3n) is 6.23. The molecule has 0 unspecified atom stereocenters. The SMILES string of the molecule is O=C(NC12CC3CC(CC(C3)C1)C2)c1ccc2[nH]ccc2c1. The number of fused-ring (bicyclic) bond motifs is 1. The molecule has 0 radical (unpaired) electrons. The molecular weight excluding hydrogens is 272 g/mol. The molecule has 3 heteroatoms. The number of aromatic nitrogens is 1. The van der Waals surface area contributed by atoms with Crippen molar-refractivity contribution in [1.29, 1.82) is 0 Å². The summed E-state index contributed by atoms with van der Waals surface area (Å²) in [5.41, 5.74) is 1.98. The van der Waals surface area contributed by atoms with Crippen molar-refractivity contribution >= 4 is 16.8 Å². The number of hydrogen-bond acceptors (Lipinski definition) is 1. The zero-order valence-electron chi connectivity index (χ0n) is 12.8.